The molecule has 1 aliphatic heterocycles. The Morgan fingerprint density at radius 3 is 2.78 bits per heavy atom. The van der Waals surface area contributed by atoms with Crippen LogP contribution in [0.15, 0.2) is 22.8 Å². The van der Waals surface area contributed by atoms with E-state index in [2.05, 4.69) is 10.6 Å². The molecule has 0 spiro atoms. The number of aliphatic hydroxyl groups is 1. The Balaban J connectivity index is 1.92. The van der Waals surface area contributed by atoms with Crippen molar-refractivity contribution in [1.29, 1.82) is 0 Å². The highest BCUT2D eigenvalue weighted by molar-refractivity contribution is 6.05. The number of carbonyl (C=O) groups is 3. The van der Waals surface area contributed by atoms with E-state index in [-0.39, 0.29) is 31.5 Å². The minimum absolute atomic E-state index is 0.0288. The van der Waals surface area contributed by atoms with Crippen LogP contribution in [-0.4, -0.2) is 46.5 Å². The lowest BCUT2D eigenvalue weighted by Crippen LogP contribution is -2.44. The van der Waals surface area contributed by atoms with Gasteiger partial charge in [-0.1, -0.05) is 13.8 Å². The van der Waals surface area contributed by atoms with Crippen molar-refractivity contribution in [2.75, 3.05) is 6.61 Å². The molecule has 0 saturated carbocycles. The van der Waals surface area contributed by atoms with E-state index in [1.165, 1.54) is 6.26 Å². The number of urea groups is 1. The average molecular weight is 323 g/mol. The number of carbonyl (C=O) groups excluding carboxylic acids is 3. The van der Waals surface area contributed by atoms with E-state index < -0.39 is 23.9 Å². The Labute approximate surface area is 133 Å². The third kappa shape index (κ3) is 4.10. The van der Waals surface area contributed by atoms with Gasteiger partial charge in [-0.15, -0.1) is 0 Å². The first-order valence-electron chi connectivity index (χ1n) is 7.46. The number of furan rings is 1. The standard InChI is InChI=1S/C15H21N3O5/c1-9(2)12(8-19)16-13(20)6-11-14(21)18(15(22)17-11)7-10-4-3-5-23-10/h3-5,9,11-12,19H,6-8H2,1-2H3,(H,16,20)(H,17,22)/t11-,12-/m0/s1. The van der Waals surface area contributed by atoms with Crippen LogP contribution in [-0.2, 0) is 16.1 Å². The van der Waals surface area contributed by atoms with Crippen molar-refractivity contribution >= 4 is 17.8 Å². The van der Waals surface area contributed by atoms with E-state index in [1.807, 2.05) is 13.8 Å². The Bertz CT molecular complexity index is 570. The quantitative estimate of drug-likeness (QED) is 0.622. The van der Waals surface area contributed by atoms with Crippen LogP contribution >= 0.6 is 0 Å². The molecule has 23 heavy (non-hydrogen) atoms. The third-order valence-corrected chi connectivity index (χ3v) is 3.74. The maximum atomic E-state index is 12.2. The van der Waals surface area contributed by atoms with Gasteiger partial charge in [-0.25, -0.2) is 4.79 Å². The van der Waals surface area contributed by atoms with Gasteiger partial charge in [-0.3, -0.25) is 14.5 Å². The first-order chi connectivity index (χ1) is 10.9. The number of nitrogens with one attached hydrogen (secondary N) is 2. The molecule has 2 heterocycles. The highest BCUT2D eigenvalue weighted by Crippen LogP contribution is 2.14. The summed E-state index contributed by atoms with van der Waals surface area (Å²) >= 11 is 0. The summed E-state index contributed by atoms with van der Waals surface area (Å²) in [6.45, 7) is 3.59. The minimum atomic E-state index is -0.899. The zero-order valence-electron chi connectivity index (χ0n) is 13.1. The maximum Gasteiger partial charge on any atom is 0.325 e. The highest BCUT2D eigenvalue weighted by Gasteiger charge is 2.39. The zero-order valence-corrected chi connectivity index (χ0v) is 13.1. The lowest BCUT2D eigenvalue weighted by molar-refractivity contribution is -0.131. The number of nitrogens with zero attached hydrogens (tertiary/aromatic N) is 1. The molecule has 0 radical (unpaired) electrons. The van der Waals surface area contributed by atoms with Crippen molar-refractivity contribution in [2.24, 2.45) is 5.92 Å². The summed E-state index contributed by atoms with van der Waals surface area (Å²) in [5, 5.41) is 14.4. The van der Waals surface area contributed by atoms with Gasteiger partial charge in [0.05, 0.1) is 31.9 Å². The molecule has 0 unspecified atom stereocenters. The summed E-state index contributed by atoms with van der Waals surface area (Å²) < 4.78 is 5.12. The Hall–Kier alpha value is -2.35. The zero-order chi connectivity index (χ0) is 17.0. The molecule has 1 aromatic heterocycles. The van der Waals surface area contributed by atoms with Crippen molar-refractivity contribution in [3.63, 3.8) is 0 Å². The van der Waals surface area contributed by atoms with Crippen LogP contribution in [0.3, 0.4) is 0 Å². The second kappa shape index (κ2) is 7.28. The molecule has 1 fully saturated rings. The number of hydrogen-bond acceptors (Lipinski definition) is 5. The first-order valence-corrected chi connectivity index (χ1v) is 7.46. The number of rotatable bonds is 7. The van der Waals surface area contributed by atoms with Gasteiger partial charge in [0.25, 0.3) is 5.91 Å². The predicted octanol–water partition coefficient (Wildman–Crippen LogP) is 0.223. The largest absolute Gasteiger partial charge is 0.467 e. The Kier molecular flexibility index (Phi) is 5.38. The SMILES string of the molecule is CC(C)[C@H](CO)NC(=O)C[C@@H]1NC(=O)N(Cc2ccco2)C1=O. The van der Waals surface area contributed by atoms with Crippen molar-refractivity contribution in [3.05, 3.63) is 24.2 Å². The van der Waals surface area contributed by atoms with Crippen LogP contribution in [0.2, 0.25) is 0 Å². The number of hydrogen-bond donors (Lipinski definition) is 3. The molecule has 126 valence electrons. The van der Waals surface area contributed by atoms with E-state index in [1.54, 1.807) is 12.1 Å². The lowest BCUT2D eigenvalue weighted by Gasteiger charge is -2.20. The highest BCUT2D eigenvalue weighted by atomic mass is 16.3. The molecule has 4 amide bonds. The van der Waals surface area contributed by atoms with Crippen molar-refractivity contribution in [3.8, 4) is 0 Å². The summed E-state index contributed by atoms with van der Waals surface area (Å²) in [6, 6.07) is 1.50. The van der Waals surface area contributed by atoms with Gasteiger partial charge in [0.2, 0.25) is 5.91 Å². The van der Waals surface area contributed by atoms with Crippen molar-refractivity contribution < 1.29 is 23.9 Å². The van der Waals surface area contributed by atoms with Gasteiger partial charge in [-0.2, -0.15) is 0 Å². The molecule has 8 nitrogen and oxygen atoms in total. The fraction of sp³-hybridized carbons (Fsp3) is 0.533. The Morgan fingerprint density at radius 2 is 2.22 bits per heavy atom. The minimum Gasteiger partial charge on any atom is -0.467 e. The van der Waals surface area contributed by atoms with Gasteiger partial charge >= 0.3 is 6.03 Å². The molecule has 1 aromatic rings. The summed E-state index contributed by atoms with van der Waals surface area (Å²) in [4.78, 5) is 37.1. The summed E-state index contributed by atoms with van der Waals surface area (Å²) in [7, 11) is 0. The molecule has 0 aromatic carbocycles. The molecule has 0 aliphatic carbocycles. The topological polar surface area (TPSA) is 112 Å². The van der Waals surface area contributed by atoms with Crippen LogP contribution < -0.4 is 10.6 Å². The van der Waals surface area contributed by atoms with E-state index in [0.29, 0.717) is 5.76 Å². The molecule has 3 N–H and O–H groups in total. The molecule has 2 atom stereocenters. The molecule has 0 bridgehead atoms. The van der Waals surface area contributed by atoms with Gasteiger partial charge in [0.1, 0.15) is 11.8 Å². The van der Waals surface area contributed by atoms with Crippen molar-refractivity contribution in [1.82, 2.24) is 15.5 Å². The second-order valence-electron chi connectivity index (χ2n) is 5.81. The normalized spacial score (nSPS) is 19.1. The summed E-state index contributed by atoms with van der Waals surface area (Å²) in [5.41, 5.74) is 0. The van der Waals surface area contributed by atoms with Gasteiger partial charge in [0, 0.05) is 0 Å². The molecule has 1 aliphatic rings. The van der Waals surface area contributed by atoms with Crippen LogP contribution in [0.1, 0.15) is 26.0 Å². The number of aliphatic hydroxyl groups excluding tert-OH is 1. The number of amides is 4. The number of imide groups is 1. The molecule has 8 heteroatoms. The van der Waals surface area contributed by atoms with Gasteiger partial charge < -0.3 is 20.2 Å². The third-order valence-electron chi connectivity index (χ3n) is 3.74. The second-order valence-corrected chi connectivity index (χ2v) is 5.81. The van der Waals surface area contributed by atoms with E-state index >= 15 is 0 Å². The fourth-order valence-electron chi connectivity index (χ4n) is 2.30. The van der Waals surface area contributed by atoms with Crippen LogP contribution in [0.5, 0.6) is 0 Å². The fourth-order valence-corrected chi connectivity index (χ4v) is 2.30. The summed E-state index contributed by atoms with van der Waals surface area (Å²) in [6.07, 6.45) is 1.29. The smallest absolute Gasteiger partial charge is 0.325 e. The molecule has 1 saturated heterocycles. The maximum absolute atomic E-state index is 12.2. The first kappa shape index (κ1) is 17.0. The van der Waals surface area contributed by atoms with Crippen LogP contribution in [0, 0.1) is 5.92 Å². The summed E-state index contributed by atoms with van der Waals surface area (Å²) in [5.74, 6) is -0.310. The molecular formula is C15H21N3O5. The predicted molar refractivity (Wildman–Crippen MR) is 80.0 cm³/mol. The van der Waals surface area contributed by atoms with Gasteiger partial charge in [-0.05, 0) is 18.1 Å². The average Bonchev–Trinajstić information content (AvgIpc) is 3.09. The van der Waals surface area contributed by atoms with E-state index in [4.69, 9.17) is 4.42 Å². The van der Waals surface area contributed by atoms with Crippen LogP contribution in [0.4, 0.5) is 4.79 Å². The van der Waals surface area contributed by atoms with Gasteiger partial charge in [0.15, 0.2) is 0 Å². The van der Waals surface area contributed by atoms with Crippen LogP contribution in [0.25, 0.3) is 0 Å². The lowest BCUT2D eigenvalue weighted by atomic mass is 10.0. The Morgan fingerprint density at radius 1 is 1.48 bits per heavy atom. The van der Waals surface area contributed by atoms with Crippen molar-refractivity contribution in [2.45, 2.75) is 38.9 Å². The molecule has 2 rings (SSSR count). The van der Waals surface area contributed by atoms with E-state index in [9.17, 15) is 19.5 Å². The monoisotopic (exact) mass is 323 g/mol. The van der Waals surface area contributed by atoms with E-state index in [0.717, 1.165) is 4.90 Å². The molecular weight excluding hydrogens is 302 g/mol.